The monoisotopic (exact) mass is 566 g/mol. The summed E-state index contributed by atoms with van der Waals surface area (Å²) >= 11 is 0. The van der Waals surface area contributed by atoms with Crippen LogP contribution in [0.4, 0.5) is 0 Å². The van der Waals surface area contributed by atoms with Crippen LogP contribution in [0.1, 0.15) is 44.2 Å². The third-order valence-corrected chi connectivity index (χ3v) is 6.88. The second-order valence-electron chi connectivity index (χ2n) is 10.9. The van der Waals surface area contributed by atoms with E-state index in [4.69, 9.17) is 4.74 Å². The number of nitrogens with one attached hydrogen (secondary N) is 3. The molecule has 2 atom stereocenters. The molecule has 1 aliphatic rings. The molecule has 1 fully saturated rings. The maximum Gasteiger partial charge on any atom is 0.326 e. The number of hydrogen-bond acceptors (Lipinski definition) is 6. The molecule has 4 N–H and O–H groups in total. The lowest BCUT2D eigenvalue weighted by molar-refractivity contribution is -0.145. The summed E-state index contributed by atoms with van der Waals surface area (Å²) in [4.78, 5) is 54.5. The smallest absolute Gasteiger partial charge is 0.326 e. The van der Waals surface area contributed by atoms with E-state index in [9.17, 15) is 24.3 Å². The number of aliphatic carboxylic acids is 1. The molecular formula is C31H42N4O6. The molecule has 2 aromatic rings. The van der Waals surface area contributed by atoms with Crippen LogP contribution in [0.15, 0.2) is 60.7 Å². The van der Waals surface area contributed by atoms with E-state index in [1.54, 1.807) is 24.3 Å². The highest BCUT2D eigenvalue weighted by atomic mass is 16.5. The van der Waals surface area contributed by atoms with E-state index in [-0.39, 0.29) is 31.7 Å². The molecular weight excluding hydrogens is 524 g/mol. The van der Waals surface area contributed by atoms with E-state index in [0.717, 1.165) is 11.1 Å². The number of benzene rings is 2. The quantitative estimate of drug-likeness (QED) is 0.243. The Morgan fingerprint density at radius 3 is 2.07 bits per heavy atom. The molecule has 222 valence electrons. The van der Waals surface area contributed by atoms with E-state index >= 15 is 0 Å². The summed E-state index contributed by atoms with van der Waals surface area (Å²) in [5, 5.41) is 18.1. The molecule has 1 heterocycles. The zero-order valence-electron chi connectivity index (χ0n) is 23.9. The van der Waals surface area contributed by atoms with Gasteiger partial charge in [-0.2, -0.15) is 0 Å². The molecule has 2 aromatic carbocycles. The number of carbonyl (C=O) groups is 4. The van der Waals surface area contributed by atoms with Gasteiger partial charge in [0.2, 0.25) is 11.8 Å². The van der Waals surface area contributed by atoms with Crippen molar-refractivity contribution in [3.63, 3.8) is 0 Å². The predicted molar refractivity (Wildman–Crippen MR) is 155 cm³/mol. The van der Waals surface area contributed by atoms with Gasteiger partial charge < -0.3 is 25.8 Å². The molecule has 10 heteroatoms. The number of aryl methyl sites for hydroxylation is 1. The largest absolute Gasteiger partial charge is 0.480 e. The summed E-state index contributed by atoms with van der Waals surface area (Å²) in [5.41, 5.74) is -0.00219. The first kappa shape index (κ1) is 31.8. The minimum absolute atomic E-state index is 0.0206. The lowest BCUT2D eigenvalue weighted by atomic mass is 9.94. The number of carbonyl (C=O) groups excluding carboxylic acids is 3. The van der Waals surface area contributed by atoms with Gasteiger partial charge >= 0.3 is 5.97 Å². The Hall–Kier alpha value is -3.76. The maximum atomic E-state index is 13.9. The number of rotatable bonds is 15. The number of morpholine rings is 1. The van der Waals surface area contributed by atoms with Gasteiger partial charge in [-0.05, 0) is 29.9 Å². The van der Waals surface area contributed by atoms with Gasteiger partial charge in [0.15, 0.2) is 5.66 Å². The highest BCUT2D eigenvalue weighted by molar-refractivity contribution is 5.97. The van der Waals surface area contributed by atoms with E-state index in [1.807, 2.05) is 55.1 Å². The van der Waals surface area contributed by atoms with E-state index < -0.39 is 35.4 Å². The van der Waals surface area contributed by atoms with Crippen molar-refractivity contribution in [2.24, 2.45) is 5.92 Å². The number of ether oxygens (including phenoxy) is 1. The second kappa shape index (κ2) is 15.9. The fourth-order valence-electron chi connectivity index (χ4n) is 4.92. The van der Waals surface area contributed by atoms with Crippen LogP contribution in [0, 0.1) is 5.92 Å². The normalized spacial score (nSPS) is 15.9. The average Bonchev–Trinajstić information content (AvgIpc) is 2.93. The zero-order valence-corrected chi connectivity index (χ0v) is 23.9. The molecule has 0 spiro atoms. The molecule has 0 bridgehead atoms. The van der Waals surface area contributed by atoms with E-state index in [2.05, 4.69) is 16.0 Å². The SMILES string of the molecule is CC(C)C[C@@](NC(=O)CCCc1ccccc1)(NC(=O)CN1CCOCC1)C(=O)NC(Cc1ccccc1)C(=O)O. The Kier molecular flexibility index (Phi) is 12.3. The van der Waals surface area contributed by atoms with Gasteiger partial charge in [0.1, 0.15) is 6.04 Å². The number of nitrogens with zero attached hydrogens (tertiary/aromatic N) is 1. The van der Waals surface area contributed by atoms with Crippen molar-refractivity contribution in [3.05, 3.63) is 71.8 Å². The molecule has 0 aromatic heterocycles. The predicted octanol–water partition coefficient (Wildman–Crippen LogP) is 2.13. The van der Waals surface area contributed by atoms with Crippen LogP contribution in [-0.2, 0) is 36.8 Å². The number of carboxylic acids is 1. The number of carboxylic acid groups (broad SMARTS) is 1. The van der Waals surface area contributed by atoms with Crippen molar-refractivity contribution in [2.75, 3.05) is 32.8 Å². The van der Waals surface area contributed by atoms with Crippen molar-refractivity contribution >= 4 is 23.7 Å². The van der Waals surface area contributed by atoms with Gasteiger partial charge in [0.05, 0.1) is 19.8 Å². The molecule has 3 amide bonds. The molecule has 1 aliphatic heterocycles. The molecule has 1 unspecified atom stereocenters. The number of hydrogen-bond donors (Lipinski definition) is 4. The van der Waals surface area contributed by atoms with Crippen LogP contribution in [0.2, 0.25) is 0 Å². The molecule has 1 saturated heterocycles. The van der Waals surface area contributed by atoms with E-state index in [1.165, 1.54) is 0 Å². The van der Waals surface area contributed by atoms with Crippen LogP contribution in [0.5, 0.6) is 0 Å². The maximum absolute atomic E-state index is 13.9. The summed E-state index contributed by atoms with van der Waals surface area (Å²) in [5.74, 6) is -2.94. The van der Waals surface area contributed by atoms with Crippen molar-refractivity contribution in [3.8, 4) is 0 Å². The summed E-state index contributed by atoms with van der Waals surface area (Å²) < 4.78 is 5.36. The Labute approximate surface area is 241 Å². The minimum Gasteiger partial charge on any atom is -0.480 e. The first-order valence-corrected chi connectivity index (χ1v) is 14.2. The summed E-state index contributed by atoms with van der Waals surface area (Å²) in [7, 11) is 0. The molecule has 0 aliphatic carbocycles. The van der Waals surface area contributed by atoms with Gasteiger partial charge in [-0.25, -0.2) is 4.79 Å². The highest BCUT2D eigenvalue weighted by Gasteiger charge is 2.43. The van der Waals surface area contributed by atoms with Crippen LogP contribution in [0.3, 0.4) is 0 Å². The van der Waals surface area contributed by atoms with Crippen molar-refractivity contribution in [1.29, 1.82) is 0 Å². The molecule has 0 saturated carbocycles. The van der Waals surface area contributed by atoms with Gasteiger partial charge in [0, 0.05) is 32.4 Å². The number of amides is 3. The fourth-order valence-corrected chi connectivity index (χ4v) is 4.92. The van der Waals surface area contributed by atoms with Crippen LogP contribution < -0.4 is 16.0 Å². The standard InChI is InChI=1S/C31H42N4O6/c1-23(2)21-31(34-28(37)22-35-16-18-41-19-17-35,33-27(36)15-9-14-24-10-5-3-6-11-24)30(40)32-26(29(38)39)20-25-12-7-4-8-13-25/h3-8,10-13,23,26H,9,14-22H2,1-2H3,(H,32,40)(H,33,36)(H,34,37)(H,38,39)/t26?,31-/m1/s1. The summed E-state index contributed by atoms with van der Waals surface area (Å²) in [6.07, 6.45) is 1.48. The Balaban J connectivity index is 1.81. The lowest BCUT2D eigenvalue weighted by Crippen LogP contribution is -2.71. The third-order valence-electron chi connectivity index (χ3n) is 6.88. The van der Waals surface area contributed by atoms with Gasteiger partial charge in [0.25, 0.3) is 5.91 Å². The van der Waals surface area contributed by atoms with Crippen LogP contribution in [-0.4, -0.2) is 78.3 Å². The van der Waals surface area contributed by atoms with Crippen LogP contribution in [0.25, 0.3) is 0 Å². The molecule has 3 rings (SSSR count). The molecule has 41 heavy (non-hydrogen) atoms. The first-order chi connectivity index (χ1) is 19.7. The van der Waals surface area contributed by atoms with Gasteiger partial charge in [-0.3, -0.25) is 19.3 Å². The van der Waals surface area contributed by atoms with Crippen molar-refractivity contribution in [1.82, 2.24) is 20.9 Å². The molecule has 10 nitrogen and oxygen atoms in total. The fraction of sp³-hybridized carbons (Fsp3) is 0.484. The van der Waals surface area contributed by atoms with E-state index in [0.29, 0.717) is 39.1 Å². The lowest BCUT2D eigenvalue weighted by Gasteiger charge is -2.37. The average molecular weight is 567 g/mol. The van der Waals surface area contributed by atoms with Gasteiger partial charge in [-0.15, -0.1) is 0 Å². The minimum atomic E-state index is -1.83. The Bertz CT molecular complexity index is 1140. The summed E-state index contributed by atoms with van der Waals surface area (Å²) in [6, 6.07) is 17.5. The topological polar surface area (TPSA) is 137 Å². The van der Waals surface area contributed by atoms with Gasteiger partial charge in [-0.1, -0.05) is 74.5 Å². The third kappa shape index (κ3) is 10.6. The highest BCUT2D eigenvalue weighted by Crippen LogP contribution is 2.18. The molecule has 0 radical (unpaired) electrons. The van der Waals surface area contributed by atoms with Crippen LogP contribution >= 0.6 is 0 Å². The zero-order chi connectivity index (χ0) is 29.7. The Morgan fingerprint density at radius 1 is 0.902 bits per heavy atom. The second-order valence-corrected chi connectivity index (χ2v) is 10.9. The first-order valence-electron chi connectivity index (χ1n) is 14.2. The van der Waals surface area contributed by atoms with Crippen molar-refractivity contribution < 1.29 is 29.0 Å². The van der Waals surface area contributed by atoms with Crippen molar-refractivity contribution in [2.45, 2.75) is 57.7 Å². The Morgan fingerprint density at radius 2 is 1.49 bits per heavy atom. The summed E-state index contributed by atoms with van der Waals surface area (Å²) in [6.45, 7) is 5.91.